The fourth-order valence-electron chi connectivity index (χ4n) is 2.65. The van der Waals surface area contributed by atoms with Gasteiger partial charge in [0.2, 0.25) is 0 Å². The van der Waals surface area contributed by atoms with Crippen molar-refractivity contribution in [3.8, 4) is 0 Å². The highest BCUT2D eigenvalue weighted by atomic mass is 127. The summed E-state index contributed by atoms with van der Waals surface area (Å²) in [4.78, 5) is 0. The molecular weight excluding hydrogens is 361 g/mol. The molecule has 0 amide bonds. The number of aryl methyl sites for hydroxylation is 3. The van der Waals surface area contributed by atoms with Gasteiger partial charge in [0.15, 0.2) is 0 Å². The monoisotopic (exact) mass is 383 g/mol. The number of nitrogens with one attached hydrogen (secondary N) is 1. The average molecular weight is 383 g/mol. The van der Waals surface area contributed by atoms with Gasteiger partial charge in [-0.3, -0.25) is 4.68 Å². The molecular formula is C16H22IN3. The molecule has 0 saturated heterocycles. The summed E-state index contributed by atoms with van der Waals surface area (Å²) in [5.41, 5.74) is 6.16. The second-order valence-electron chi connectivity index (χ2n) is 5.23. The third kappa shape index (κ3) is 3.00. The average Bonchev–Trinajstić information content (AvgIpc) is 2.68. The molecule has 0 aliphatic rings. The fourth-order valence-corrected chi connectivity index (χ4v) is 3.17. The largest absolute Gasteiger partial charge is 0.378 e. The Labute approximate surface area is 134 Å². The van der Waals surface area contributed by atoms with Gasteiger partial charge in [-0.05, 0) is 74.9 Å². The van der Waals surface area contributed by atoms with Gasteiger partial charge in [-0.15, -0.1) is 0 Å². The first-order valence-corrected chi connectivity index (χ1v) is 8.08. The SMILES string of the molecule is CCn1nc(C)c(C(C)Nc2ccc(C)c(I)c2)c1C. The number of rotatable bonds is 4. The summed E-state index contributed by atoms with van der Waals surface area (Å²) in [5.74, 6) is 0. The van der Waals surface area contributed by atoms with Gasteiger partial charge in [0.1, 0.15) is 0 Å². The van der Waals surface area contributed by atoms with E-state index >= 15 is 0 Å². The van der Waals surface area contributed by atoms with Gasteiger partial charge in [-0.25, -0.2) is 0 Å². The number of anilines is 1. The summed E-state index contributed by atoms with van der Waals surface area (Å²) in [6, 6.07) is 6.75. The fraction of sp³-hybridized carbons (Fsp3) is 0.438. The highest BCUT2D eigenvalue weighted by Crippen LogP contribution is 2.26. The van der Waals surface area contributed by atoms with Crippen molar-refractivity contribution >= 4 is 28.3 Å². The Morgan fingerprint density at radius 1 is 1.30 bits per heavy atom. The predicted molar refractivity (Wildman–Crippen MR) is 93.3 cm³/mol. The number of nitrogens with zero attached hydrogens (tertiary/aromatic N) is 2. The summed E-state index contributed by atoms with van der Waals surface area (Å²) in [7, 11) is 0. The second kappa shape index (κ2) is 6.16. The number of hydrogen-bond donors (Lipinski definition) is 1. The zero-order valence-electron chi connectivity index (χ0n) is 12.8. The lowest BCUT2D eigenvalue weighted by atomic mass is 10.1. The normalized spacial score (nSPS) is 12.5. The minimum absolute atomic E-state index is 0.258. The van der Waals surface area contributed by atoms with Crippen LogP contribution in [0.1, 0.15) is 42.4 Å². The van der Waals surface area contributed by atoms with Crippen molar-refractivity contribution in [3.63, 3.8) is 0 Å². The Bertz CT molecular complexity index is 616. The molecule has 1 N–H and O–H groups in total. The van der Waals surface area contributed by atoms with Crippen molar-refractivity contribution in [2.24, 2.45) is 0 Å². The van der Waals surface area contributed by atoms with E-state index in [0.29, 0.717) is 0 Å². The number of hydrogen-bond acceptors (Lipinski definition) is 2. The van der Waals surface area contributed by atoms with Crippen LogP contribution >= 0.6 is 22.6 Å². The van der Waals surface area contributed by atoms with Crippen molar-refractivity contribution < 1.29 is 0 Å². The Hall–Kier alpha value is -1.04. The van der Waals surface area contributed by atoms with Gasteiger partial charge in [0.05, 0.1) is 11.7 Å². The second-order valence-corrected chi connectivity index (χ2v) is 6.39. The van der Waals surface area contributed by atoms with E-state index in [2.05, 4.69) is 90.5 Å². The third-order valence-electron chi connectivity index (χ3n) is 3.73. The first-order valence-electron chi connectivity index (χ1n) is 7.00. The number of aromatic nitrogens is 2. The third-order valence-corrected chi connectivity index (χ3v) is 4.89. The molecule has 0 radical (unpaired) electrons. The molecule has 1 unspecified atom stereocenters. The maximum atomic E-state index is 4.60. The first-order chi connectivity index (χ1) is 9.43. The lowest BCUT2D eigenvalue weighted by Gasteiger charge is -2.17. The molecule has 0 aliphatic heterocycles. The van der Waals surface area contributed by atoms with Crippen LogP contribution in [0.2, 0.25) is 0 Å². The quantitative estimate of drug-likeness (QED) is 0.782. The van der Waals surface area contributed by atoms with Crippen LogP contribution in [0.5, 0.6) is 0 Å². The highest BCUT2D eigenvalue weighted by Gasteiger charge is 2.17. The minimum Gasteiger partial charge on any atom is -0.378 e. The Morgan fingerprint density at radius 2 is 2.00 bits per heavy atom. The van der Waals surface area contributed by atoms with Crippen LogP contribution in [0.15, 0.2) is 18.2 Å². The lowest BCUT2D eigenvalue weighted by molar-refractivity contribution is 0.632. The highest BCUT2D eigenvalue weighted by molar-refractivity contribution is 14.1. The van der Waals surface area contributed by atoms with Gasteiger partial charge in [-0.2, -0.15) is 5.10 Å². The van der Waals surface area contributed by atoms with E-state index in [1.807, 2.05) is 0 Å². The van der Waals surface area contributed by atoms with E-state index in [9.17, 15) is 0 Å². The van der Waals surface area contributed by atoms with Crippen LogP contribution in [0.4, 0.5) is 5.69 Å². The Morgan fingerprint density at radius 3 is 2.55 bits per heavy atom. The van der Waals surface area contributed by atoms with Crippen molar-refractivity contribution in [1.82, 2.24) is 9.78 Å². The number of benzene rings is 1. The summed E-state index contributed by atoms with van der Waals surface area (Å²) in [6.07, 6.45) is 0. The predicted octanol–water partition coefficient (Wildman–Crippen LogP) is 4.61. The van der Waals surface area contributed by atoms with Crippen LogP contribution in [0.25, 0.3) is 0 Å². The topological polar surface area (TPSA) is 29.9 Å². The molecule has 1 heterocycles. The van der Waals surface area contributed by atoms with E-state index in [0.717, 1.165) is 17.9 Å². The minimum atomic E-state index is 0.258. The molecule has 0 bridgehead atoms. The van der Waals surface area contributed by atoms with Crippen molar-refractivity contribution in [3.05, 3.63) is 44.3 Å². The van der Waals surface area contributed by atoms with Crippen LogP contribution in [0, 0.1) is 24.3 Å². The smallest absolute Gasteiger partial charge is 0.0649 e. The molecule has 1 atom stereocenters. The zero-order chi connectivity index (χ0) is 14.9. The van der Waals surface area contributed by atoms with Crippen molar-refractivity contribution in [2.75, 3.05) is 5.32 Å². The molecule has 0 fully saturated rings. The van der Waals surface area contributed by atoms with E-state index in [1.54, 1.807) is 0 Å². The molecule has 2 aromatic rings. The van der Waals surface area contributed by atoms with E-state index < -0.39 is 0 Å². The maximum absolute atomic E-state index is 4.60. The molecule has 3 nitrogen and oxygen atoms in total. The van der Waals surface area contributed by atoms with Gasteiger partial charge < -0.3 is 5.32 Å². The molecule has 0 saturated carbocycles. The van der Waals surface area contributed by atoms with Crippen LogP contribution in [-0.4, -0.2) is 9.78 Å². The Balaban J connectivity index is 2.25. The van der Waals surface area contributed by atoms with Gasteiger partial charge in [0.25, 0.3) is 0 Å². The summed E-state index contributed by atoms with van der Waals surface area (Å²) in [6.45, 7) is 11.6. The van der Waals surface area contributed by atoms with Gasteiger partial charge in [-0.1, -0.05) is 6.07 Å². The zero-order valence-corrected chi connectivity index (χ0v) is 14.9. The van der Waals surface area contributed by atoms with Crippen molar-refractivity contribution in [2.45, 2.75) is 47.2 Å². The Kier molecular flexibility index (Phi) is 4.73. The van der Waals surface area contributed by atoms with Crippen LogP contribution in [-0.2, 0) is 6.54 Å². The van der Waals surface area contributed by atoms with E-state index in [-0.39, 0.29) is 6.04 Å². The summed E-state index contributed by atoms with van der Waals surface area (Å²) < 4.78 is 3.36. The van der Waals surface area contributed by atoms with Crippen molar-refractivity contribution in [1.29, 1.82) is 0 Å². The number of halogens is 1. The molecule has 4 heteroatoms. The molecule has 108 valence electrons. The molecule has 0 aliphatic carbocycles. The van der Waals surface area contributed by atoms with E-state index in [1.165, 1.54) is 20.4 Å². The summed E-state index contributed by atoms with van der Waals surface area (Å²) in [5, 5.41) is 8.19. The standard InChI is InChI=1S/C16H22IN3/c1-6-20-13(5)16(12(4)19-20)11(3)18-14-8-7-10(2)15(17)9-14/h7-9,11,18H,6H2,1-5H3. The van der Waals surface area contributed by atoms with Gasteiger partial charge >= 0.3 is 0 Å². The van der Waals surface area contributed by atoms with Gasteiger partial charge in [0, 0.05) is 27.1 Å². The maximum Gasteiger partial charge on any atom is 0.0649 e. The first kappa shape index (κ1) is 15.4. The molecule has 2 rings (SSSR count). The summed E-state index contributed by atoms with van der Waals surface area (Å²) >= 11 is 2.38. The lowest BCUT2D eigenvalue weighted by Crippen LogP contribution is -2.09. The molecule has 1 aromatic carbocycles. The van der Waals surface area contributed by atoms with Crippen LogP contribution in [0.3, 0.4) is 0 Å². The van der Waals surface area contributed by atoms with E-state index in [4.69, 9.17) is 0 Å². The molecule has 20 heavy (non-hydrogen) atoms. The van der Waals surface area contributed by atoms with Crippen LogP contribution < -0.4 is 5.32 Å². The molecule has 0 spiro atoms. The molecule has 1 aromatic heterocycles.